The van der Waals surface area contributed by atoms with Gasteiger partial charge in [0.2, 0.25) is 5.91 Å². The molecule has 11 heteroatoms. The minimum absolute atomic E-state index is 0. The van der Waals surface area contributed by atoms with Crippen molar-refractivity contribution in [2.24, 2.45) is 11.8 Å². The minimum atomic E-state index is -1.43. The zero-order valence-corrected chi connectivity index (χ0v) is 19.6. The van der Waals surface area contributed by atoms with Crippen LogP contribution in [0, 0.1) is 11.8 Å². The maximum Gasteiger partial charge on any atom is 1.00 e. The number of imidazole rings is 1. The smallest absolute Gasteiger partial charge is 0.543 e. The third kappa shape index (κ3) is 3.05. The van der Waals surface area contributed by atoms with Crippen LogP contribution in [0.15, 0.2) is 18.2 Å². The van der Waals surface area contributed by atoms with Crippen molar-refractivity contribution < 1.29 is 54.2 Å². The number of β-lactam (4-membered cyclic amide) rings is 1. The number of aliphatic carboxylic acids is 1. The summed E-state index contributed by atoms with van der Waals surface area (Å²) in [7, 11) is 3.26. The van der Waals surface area contributed by atoms with Gasteiger partial charge >= 0.3 is 29.6 Å². The summed E-state index contributed by atoms with van der Waals surface area (Å²) in [5.41, 5.74) is 0.611. The van der Waals surface area contributed by atoms with Crippen molar-refractivity contribution in [2.75, 3.05) is 14.1 Å². The van der Waals surface area contributed by atoms with E-state index in [4.69, 9.17) is 0 Å². The fourth-order valence-corrected chi connectivity index (χ4v) is 5.37. The van der Waals surface area contributed by atoms with Crippen molar-refractivity contribution in [3.63, 3.8) is 0 Å². The number of nitrogens with zero attached hydrogens (tertiary/aromatic N) is 4. The summed E-state index contributed by atoms with van der Waals surface area (Å²) in [6.45, 7) is 3.37. The molecule has 0 saturated carbocycles. The second-order valence-electron chi connectivity index (χ2n) is 7.40. The summed E-state index contributed by atoms with van der Waals surface area (Å²) >= 11 is 1.24. The Balaban J connectivity index is 0.00000240. The Bertz CT molecular complexity index is 1060. The Labute approximate surface area is 192 Å². The van der Waals surface area contributed by atoms with Crippen molar-refractivity contribution in [3.8, 4) is 0 Å². The Kier molecular flexibility index (Phi) is 5.69. The van der Waals surface area contributed by atoms with Gasteiger partial charge in [0.25, 0.3) is 5.91 Å². The molecule has 4 rings (SSSR count). The Morgan fingerprint density at radius 3 is 2.59 bits per heavy atom. The summed E-state index contributed by atoms with van der Waals surface area (Å²) in [6.07, 6.45) is 2.34. The monoisotopic (exact) mass is 426 g/mol. The fourth-order valence-electron chi connectivity index (χ4n) is 4.17. The summed E-state index contributed by atoms with van der Waals surface area (Å²) < 4.78 is 1.67. The van der Waals surface area contributed by atoms with Gasteiger partial charge in [-0.3, -0.25) is 14.0 Å². The molecule has 2 aliphatic rings. The van der Waals surface area contributed by atoms with Crippen LogP contribution in [0.4, 0.5) is 0 Å². The van der Waals surface area contributed by atoms with E-state index in [0.717, 1.165) is 0 Å². The van der Waals surface area contributed by atoms with Gasteiger partial charge in [-0.25, -0.2) is 4.98 Å². The number of carboxylic acids is 1. The van der Waals surface area contributed by atoms with E-state index >= 15 is 0 Å². The SMILES string of the molecule is C[C@@H]1C(c2cn3cnc(C(=O)N(C)C)c3s2)=C(C(=O)[O-])N2C(=O)[C@H]([C@@H](C)O)[C@@H]12.[Na+]. The Hall–Kier alpha value is -1.72. The topological polar surface area (TPSA) is 118 Å². The van der Waals surface area contributed by atoms with Gasteiger partial charge in [-0.15, -0.1) is 11.3 Å². The van der Waals surface area contributed by atoms with Crippen LogP contribution < -0.4 is 34.7 Å². The molecule has 2 amide bonds. The second kappa shape index (κ2) is 7.51. The van der Waals surface area contributed by atoms with E-state index in [1.165, 1.54) is 34.4 Å². The first-order valence-electron chi connectivity index (χ1n) is 8.80. The first-order chi connectivity index (χ1) is 13.1. The third-order valence-corrected chi connectivity index (χ3v) is 6.59. The van der Waals surface area contributed by atoms with Gasteiger partial charge < -0.3 is 24.8 Å². The zero-order valence-electron chi connectivity index (χ0n) is 16.7. The van der Waals surface area contributed by atoms with Crippen LogP contribution >= 0.6 is 11.3 Å². The summed E-state index contributed by atoms with van der Waals surface area (Å²) in [4.78, 5) is 44.6. The van der Waals surface area contributed by atoms with Gasteiger partial charge in [0, 0.05) is 31.8 Å². The second-order valence-corrected chi connectivity index (χ2v) is 8.43. The number of aliphatic hydroxyl groups excluding tert-OH is 1. The van der Waals surface area contributed by atoms with Gasteiger partial charge in [-0.2, -0.15) is 0 Å². The molecule has 0 radical (unpaired) electrons. The van der Waals surface area contributed by atoms with Gasteiger partial charge in [-0.05, 0) is 6.92 Å². The van der Waals surface area contributed by atoms with Gasteiger partial charge in [0.15, 0.2) is 5.69 Å². The van der Waals surface area contributed by atoms with Crippen molar-refractivity contribution in [2.45, 2.75) is 26.0 Å². The molecule has 4 atom stereocenters. The molecule has 2 aliphatic heterocycles. The van der Waals surface area contributed by atoms with Crippen LogP contribution in [0.5, 0.6) is 0 Å². The molecular weight excluding hydrogens is 407 g/mol. The summed E-state index contributed by atoms with van der Waals surface area (Å²) in [5, 5.41) is 21.8. The standard InChI is InChI=1S/C18H20N4O5S.Na/c1-7-10(14(18(26)27)22-13(7)11(8(2)23)15(22)24)9-5-21-6-19-12(17(21)28-9)16(25)20(3)4;/h5-8,11,13,23H,1-4H3,(H,26,27);/q;+1/p-1/t7-,8-,11-,13-;/m1./s1. The molecule has 4 heterocycles. The molecule has 148 valence electrons. The number of hydrogen-bond donors (Lipinski definition) is 1. The average molecular weight is 426 g/mol. The number of carboxylic acid groups (broad SMARTS) is 1. The number of carbonyl (C=O) groups excluding carboxylic acids is 3. The molecule has 0 aromatic carbocycles. The van der Waals surface area contributed by atoms with E-state index in [2.05, 4.69) is 4.98 Å². The predicted octanol–water partition coefficient (Wildman–Crippen LogP) is -3.58. The first kappa shape index (κ1) is 22.0. The van der Waals surface area contributed by atoms with Crippen LogP contribution in [0.2, 0.25) is 0 Å². The van der Waals surface area contributed by atoms with E-state index in [-0.39, 0.29) is 52.8 Å². The summed E-state index contributed by atoms with van der Waals surface area (Å²) in [6, 6.07) is -0.419. The number of hydrogen-bond acceptors (Lipinski definition) is 7. The van der Waals surface area contributed by atoms with Crippen LogP contribution in [-0.2, 0) is 9.59 Å². The fraction of sp³-hybridized carbons (Fsp3) is 0.444. The zero-order chi connectivity index (χ0) is 20.5. The molecule has 29 heavy (non-hydrogen) atoms. The van der Waals surface area contributed by atoms with Gasteiger partial charge in [0.1, 0.15) is 11.2 Å². The number of aromatic nitrogens is 2. The van der Waals surface area contributed by atoms with Crippen LogP contribution in [-0.4, -0.2) is 68.3 Å². The van der Waals surface area contributed by atoms with Gasteiger partial charge in [0.05, 0.1) is 34.6 Å². The maximum absolute atomic E-state index is 12.4. The molecular formula is C18H19N4NaO5S. The van der Waals surface area contributed by atoms with E-state index in [1.807, 2.05) is 6.92 Å². The molecule has 0 bridgehead atoms. The number of carbonyl (C=O) groups is 3. The molecule has 0 unspecified atom stereocenters. The first-order valence-corrected chi connectivity index (χ1v) is 9.62. The molecule has 9 nitrogen and oxygen atoms in total. The van der Waals surface area contributed by atoms with Crippen molar-refractivity contribution in [1.29, 1.82) is 0 Å². The molecule has 1 fully saturated rings. The van der Waals surface area contributed by atoms with Crippen molar-refractivity contribution in [3.05, 3.63) is 28.8 Å². The third-order valence-electron chi connectivity index (χ3n) is 5.45. The molecule has 1 N–H and O–H groups in total. The molecule has 2 aromatic heterocycles. The van der Waals surface area contributed by atoms with E-state index in [1.54, 1.807) is 24.7 Å². The number of thiazole rings is 1. The molecule has 1 saturated heterocycles. The number of amides is 2. The maximum atomic E-state index is 12.4. The van der Waals surface area contributed by atoms with Crippen LogP contribution in [0.25, 0.3) is 10.4 Å². The van der Waals surface area contributed by atoms with E-state index < -0.39 is 29.9 Å². The quantitative estimate of drug-likeness (QED) is 0.399. The van der Waals surface area contributed by atoms with E-state index in [9.17, 15) is 24.6 Å². The van der Waals surface area contributed by atoms with Crippen LogP contribution in [0.3, 0.4) is 0 Å². The van der Waals surface area contributed by atoms with E-state index in [0.29, 0.717) is 15.3 Å². The molecule has 0 spiro atoms. The molecule has 0 aliphatic carbocycles. The Morgan fingerprint density at radius 1 is 1.38 bits per heavy atom. The van der Waals surface area contributed by atoms with Crippen molar-refractivity contribution in [1.82, 2.24) is 19.2 Å². The normalized spacial score (nSPS) is 24.2. The number of aliphatic hydroxyl groups is 1. The average Bonchev–Trinajstić information content (AvgIpc) is 3.23. The predicted molar refractivity (Wildman–Crippen MR) is 98.0 cm³/mol. The number of rotatable bonds is 4. The summed E-state index contributed by atoms with van der Waals surface area (Å²) in [5.74, 6) is -3.02. The minimum Gasteiger partial charge on any atom is -0.543 e. The Morgan fingerprint density at radius 2 is 2.03 bits per heavy atom. The number of fused-ring (bicyclic) bond motifs is 2. The largest absolute Gasteiger partial charge is 1.00 e. The van der Waals surface area contributed by atoms with Crippen molar-refractivity contribution >= 4 is 39.5 Å². The van der Waals surface area contributed by atoms with Gasteiger partial charge in [-0.1, -0.05) is 6.92 Å². The molecule has 2 aromatic rings. The van der Waals surface area contributed by atoms with Crippen LogP contribution in [0.1, 0.15) is 29.2 Å².